The van der Waals surface area contributed by atoms with Crippen LogP contribution < -0.4 is 0 Å². The molecule has 0 spiro atoms. The lowest BCUT2D eigenvalue weighted by molar-refractivity contribution is -0.141. The monoisotopic (exact) mass is 307 g/mol. The Balaban J connectivity index is 2.27. The Labute approximate surface area is 119 Å². The van der Waals surface area contributed by atoms with Crippen molar-refractivity contribution in [3.05, 3.63) is 28.5 Å². The van der Waals surface area contributed by atoms with Crippen LogP contribution in [0, 0.1) is 5.92 Å². The number of aromatic nitrogens is 1. The van der Waals surface area contributed by atoms with Crippen LogP contribution >= 0.6 is 11.6 Å². The Morgan fingerprint density at radius 2 is 2.20 bits per heavy atom. The third-order valence-corrected chi connectivity index (χ3v) is 3.64. The molecule has 1 aliphatic heterocycles. The Kier molecular flexibility index (Phi) is 4.34. The van der Waals surface area contributed by atoms with Crippen LogP contribution in [0.5, 0.6) is 0 Å². The molecule has 20 heavy (non-hydrogen) atoms. The second-order valence-electron chi connectivity index (χ2n) is 4.61. The molecule has 0 radical (unpaired) electrons. The molecule has 2 atom stereocenters. The summed E-state index contributed by atoms with van der Waals surface area (Å²) in [5.74, 6) is -0.670. The van der Waals surface area contributed by atoms with E-state index in [0.717, 1.165) is 12.1 Å². The molecule has 1 aromatic heterocycles. The minimum atomic E-state index is -4.58. The number of nitrogens with zero attached hydrogens (tertiary/aromatic N) is 1. The lowest BCUT2D eigenvalue weighted by Gasteiger charge is -2.16. The molecule has 0 saturated carbocycles. The van der Waals surface area contributed by atoms with Crippen molar-refractivity contribution in [2.75, 3.05) is 6.61 Å². The number of hydrogen-bond donors (Lipinski definition) is 0. The van der Waals surface area contributed by atoms with Crippen LogP contribution in [0.2, 0.25) is 5.15 Å². The van der Waals surface area contributed by atoms with Crippen LogP contribution in [-0.2, 0) is 10.9 Å². The van der Waals surface area contributed by atoms with Crippen molar-refractivity contribution in [1.82, 2.24) is 4.98 Å². The van der Waals surface area contributed by atoms with Gasteiger partial charge >= 0.3 is 6.18 Å². The first kappa shape index (κ1) is 15.3. The molecule has 0 N–H and O–H groups in total. The minimum Gasteiger partial charge on any atom is -0.377 e. The van der Waals surface area contributed by atoms with Gasteiger partial charge in [0.05, 0.1) is 17.6 Å². The summed E-state index contributed by atoms with van der Waals surface area (Å²) in [6.45, 7) is 2.36. The Bertz CT molecular complexity index is 519. The molecule has 3 nitrogen and oxygen atoms in total. The topological polar surface area (TPSA) is 39.2 Å². The standard InChI is InChI=1S/C13H13ClF3NO2/c1-2-9-7(5-6-20-9)11(19)8-3-4-10(13(15,16)17)18-12(8)14/h3-4,7,9H,2,5-6H2,1H3. The first-order chi connectivity index (χ1) is 9.34. The summed E-state index contributed by atoms with van der Waals surface area (Å²) in [7, 11) is 0. The van der Waals surface area contributed by atoms with E-state index in [-0.39, 0.29) is 23.4 Å². The molecular weight excluding hydrogens is 295 g/mol. The van der Waals surface area contributed by atoms with Gasteiger partial charge in [0.2, 0.25) is 0 Å². The van der Waals surface area contributed by atoms with Crippen molar-refractivity contribution in [3.63, 3.8) is 0 Å². The summed E-state index contributed by atoms with van der Waals surface area (Å²) in [6, 6.07) is 1.86. The molecule has 0 bridgehead atoms. The molecule has 2 rings (SSSR count). The molecule has 1 saturated heterocycles. The number of alkyl halides is 3. The lowest BCUT2D eigenvalue weighted by Crippen LogP contribution is -2.24. The maximum Gasteiger partial charge on any atom is 0.433 e. The maximum absolute atomic E-state index is 12.5. The minimum absolute atomic E-state index is 0.0219. The molecule has 0 aliphatic carbocycles. The molecule has 7 heteroatoms. The highest BCUT2D eigenvalue weighted by Gasteiger charge is 2.36. The lowest BCUT2D eigenvalue weighted by atomic mass is 9.91. The quantitative estimate of drug-likeness (QED) is 0.630. The van der Waals surface area contributed by atoms with Crippen LogP contribution in [0.25, 0.3) is 0 Å². The van der Waals surface area contributed by atoms with Crippen molar-refractivity contribution in [3.8, 4) is 0 Å². The molecule has 1 aliphatic rings. The number of halogens is 4. The van der Waals surface area contributed by atoms with Crippen LogP contribution in [-0.4, -0.2) is 23.5 Å². The Morgan fingerprint density at radius 1 is 1.50 bits per heavy atom. The molecule has 1 aromatic rings. The summed E-state index contributed by atoms with van der Waals surface area (Å²) < 4.78 is 42.9. The van der Waals surface area contributed by atoms with Crippen molar-refractivity contribution in [2.45, 2.75) is 32.0 Å². The Morgan fingerprint density at radius 3 is 2.75 bits per heavy atom. The highest BCUT2D eigenvalue weighted by Crippen LogP contribution is 2.32. The fraction of sp³-hybridized carbons (Fsp3) is 0.538. The molecule has 0 amide bonds. The fourth-order valence-corrected chi connectivity index (χ4v) is 2.57. The average molecular weight is 308 g/mol. The second-order valence-corrected chi connectivity index (χ2v) is 4.97. The van der Waals surface area contributed by atoms with E-state index in [4.69, 9.17) is 16.3 Å². The van der Waals surface area contributed by atoms with E-state index < -0.39 is 17.0 Å². The van der Waals surface area contributed by atoms with Crippen LogP contribution in [0.1, 0.15) is 35.8 Å². The number of rotatable bonds is 3. The van der Waals surface area contributed by atoms with Gasteiger partial charge in [0.25, 0.3) is 0 Å². The third-order valence-electron chi connectivity index (χ3n) is 3.35. The van der Waals surface area contributed by atoms with Gasteiger partial charge in [-0.25, -0.2) is 4.98 Å². The predicted molar refractivity (Wildman–Crippen MR) is 66.7 cm³/mol. The molecule has 1 fully saturated rings. The molecule has 2 heterocycles. The van der Waals surface area contributed by atoms with E-state index in [1.807, 2.05) is 6.92 Å². The van der Waals surface area contributed by atoms with Crippen molar-refractivity contribution >= 4 is 17.4 Å². The second kappa shape index (κ2) is 5.69. The number of carbonyl (C=O) groups excluding carboxylic acids is 1. The van der Waals surface area contributed by atoms with Gasteiger partial charge in [0.15, 0.2) is 5.78 Å². The van der Waals surface area contributed by atoms with Crippen molar-refractivity contribution < 1.29 is 22.7 Å². The van der Waals surface area contributed by atoms with Gasteiger partial charge in [-0.15, -0.1) is 0 Å². The van der Waals surface area contributed by atoms with Crippen LogP contribution in [0.3, 0.4) is 0 Å². The van der Waals surface area contributed by atoms with Crippen LogP contribution in [0.4, 0.5) is 13.2 Å². The van der Waals surface area contributed by atoms with Gasteiger partial charge < -0.3 is 4.74 Å². The normalized spacial score (nSPS) is 23.1. The SMILES string of the molecule is CCC1OCCC1C(=O)c1ccc(C(F)(F)F)nc1Cl. The number of ether oxygens (including phenoxy) is 1. The number of hydrogen-bond acceptors (Lipinski definition) is 3. The number of pyridine rings is 1. The summed E-state index contributed by atoms with van der Waals surface area (Å²) in [5.41, 5.74) is -1.08. The molecule has 110 valence electrons. The van der Waals surface area contributed by atoms with E-state index in [1.165, 1.54) is 0 Å². The average Bonchev–Trinajstić information content (AvgIpc) is 2.85. The van der Waals surface area contributed by atoms with Crippen molar-refractivity contribution in [2.24, 2.45) is 5.92 Å². The Hall–Kier alpha value is -1.14. The summed E-state index contributed by atoms with van der Waals surface area (Å²) in [5, 5.41) is -0.411. The fourth-order valence-electron chi connectivity index (χ4n) is 2.33. The molecule has 0 aromatic carbocycles. The predicted octanol–water partition coefficient (Wildman–Crippen LogP) is 3.75. The summed E-state index contributed by atoms with van der Waals surface area (Å²) >= 11 is 5.73. The summed E-state index contributed by atoms with van der Waals surface area (Å²) in [4.78, 5) is 15.6. The zero-order valence-electron chi connectivity index (χ0n) is 10.7. The number of ketones is 1. The van der Waals surface area contributed by atoms with Gasteiger partial charge in [-0.3, -0.25) is 4.79 Å². The van der Waals surface area contributed by atoms with E-state index >= 15 is 0 Å². The van der Waals surface area contributed by atoms with E-state index in [9.17, 15) is 18.0 Å². The first-order valence-corrected chi connectivity index (χ1v) is 6.62. The number of carbonyl (C=O) groups is 1. The van der Waals surface area contributed by atoms with Gasteiger partial charge in [-0.1, -0.05) is 18.5 Å². The van der Waals surface area contributed by atoms with E-state index in [1.54, 1.807) is 0 Å². The molecular formula is C13H13ClF3NO2. The van der Waals surface area contributed by atoms with Gasteiger partial charge in [0, 0.05) is 6.61 Å². The van der Waals surface area contributed by atoms with Gasteiger partial charge in [-0.05, 0) is 25.0 Å². The zero-order valence-corrected chi connectivity index (χ0v) is 11.5. The molecule has 2 unspecified atom stereocenters. The maximum atomic E-state index is 12.5. The third kappa shape index (κ3) is 2.96. The number of Topliss-reactive ketones (excluding diaryl/α,β-unsaturated/α-hetero) is 1. The highest BCUT2D eigenvalue weighted by molar-refractivity contribution is 6.32. The zero-order chi connectivity index (χ0) is 14.9. The first-order valence-electron chi connectivity index (χ1n) is 6.24. The van der Waals surface area contributed by atoms with E-state index in [0.29, 0.717) is 19.4 Å². The largest absolute Gasteiger partial charge is 0.433 e. The highest BCUT2D eigenvalue weighted by atomic mass is 35.5. The smallest absolute Gasteiger partial charge is 0.377 e. The van der Waals surface area contributed by atoms with E-state index in [2.05, 4.69) is 4.98 Å². The van der Waals surface area contributed by atoms with Crippen molar-refractivity contribution in [1.29, 1.82) is 0 Å². The van der Waals surface area contributed by atoms with Gasteiger partial charge in [-0.2, -0.15) is 13.2 Å². The summed E-state index contributed by atoms with van der Waals surface area (Å²) in [6.07, 6.45) is -3.56. The van der Waals surface area contributed by atoms with Gasteiger partial charge in [0.1, 0.15) is 10.8 Å². The van der Waals surface area contributed by atoms with Crippen LogP contribution in [0.15, 0.2) is 12.1 Å².